The zero-order chi connectivity index (χ0) is 8.10. The van der Waals surface area contributed by atoms with Crippen molar-refractivity contribution < 1.29 is 14.3 Å². The highest BCUT2D eigenvalue weighted by Crippen LogP contribution is 2.11. The number of halogens is 1. The molecule has 1 rings (SSSR count). The molecule has 0 aliphatic carbocycles. The third-order valence-corrected chi connectivity index (χ3v) is 2.19. The Morgan fingerprint density at radius 2 is 2.55 bits per heavy atom. The lowest BCUT2D eigenvalue weighted by molar-refractivity contribution is -0.143. The molecule has 0 aromatic rings. The van der Waals surface area contributed by atoms with Crippen LogP contribution in [0.25, 0.3) is 0 Å². The second-order valence-electron chi connectivity index (χ2n) is 2.45. The fraction of sp³-hybridized carbons (Fsp3) is 0.857. The lowest BCUT2D eigenvalue weighted by Gasteiger charge is -2.08. The highest BCUT2D eigenvalue weighted by Gasteiger charge is 2.16. The van der Waals surface area contributed by atoms with Crippen LogP contribution in [0, 0.1) is 0 Å². The van der Waals surface area contributed by atoms with E-state index in [4.69, 9.17) is 9.47 Å². The molecule has 1 aliphatic heterocycles. The Morgan fingerprint density at radius 1 is 1.73 bits per heavy atom. The first-order valence-electron chi connectivity index (χ1n) is 3.66. The lowest BCUT2D eigenvalue weighted by Crippen LogP contribution is -2.18. The van der Waals surface area contributed by atoms with Gasteiger partial charge in [0.05, 0.1) is 10.5 Å². The van der Waals surface area contributed by atoms with Crippen molar-refractivity contribution in [2.45, 2.75) is 18.9 Å². The van der Waals surface area contributed by atoms with Gasteiger partial charge in [0.15, 0.2) is 0 Å². The number of carbonyl (C=O) groups excluding carboxylic acids is 1. The SMILES string of the molecule is O=C(CI)OCC1CCCO1. The zero-order valence-corrected chi connectivity index (χ0v) is 8.37. The number of alkyl halides is 1. The summed E-state index contributed by atoms with van der Waals surface area (Å²) in [6.07, 6.45) is 2.27. The van der Waals surface area contributed by atoms with Crippen LogP contribution in [0.4, 0.5) is 0 Å². The third kappa shape index (κ3) is 3.37. The summed E-state index contributed by atoms with van der Waals surface area (Å²) in [7, 11) is 0. The first-order valence-corrected chi connectivity index (χ1v) is 5.18. The van der Waals surface area contributed by atoms with Crippen molar-refractivity contribution in [2.24, 2.45) is 0 Å². The van der Waals surface area contributed by atoms with Gasteiger partial charge in [0.2, 0.25) is 0 Å². The number of hydrogen-bond donors (Lipinski definition) is 0. The fourth-order valence-corrected chi connectivity index (χ4v) is 1.22. The van der Waals surface area contributed by atoms with Crippen LogP contribution in [0.15, 0.2) is 0 Å². The molecule has 1 fully saturated rings. The molecule has 1 heterocycles. The van der Waals surface area contributed by atoms with Crippen molar-refractivity contribution >= 4 is 28.6 Å². The summed E-state index contributed by atoms with van der Waals surface area (Å²) >= 11 is 1.98. The predicted molar refractivity (Wildman–Crippen MR) is 48.8 cm³/mol. The van der Waals surface area contributed by atoms with Crippen LogP contribution >= 0.6 is 22.6 Å². The predicted octanol–water partition coefficient (Wildman–Crippen LogP) is 1.14. The smallest absolute Gasteiger partial charge is 0.315 e. The van der Waals surface area contributed by atoms with Crippen LogP contribution in [0.1, 0.15) is 12.8 Å². The molecule has 0 N–H and O–H groups in total. The molecule has 1 saturated heterocycles. The van der Waals surface area contributed by atoms with E-state index in [0.29, 0.717) is 11.0 Å². The van der Waals surface area contributed by atoms with Crippen LogP contribution in [0.3, 0.4) is 0 Å². The standard InChI is InChI=1S/C7H11IO3/c8-4-7(9)11-5-6-2-1-3-10-6/h6H,1-5H2. The number of ether oxygens (including phenoxy) is 2. The first kappa shape index (κ1) is 9.25. The van der Waals surface area contributed by atoms with Gasteiger partial charge >= 0.3 is 5.97 Å². The largest absolute Gasteiger partial charge is 0.462 e. The molecule has 0 saturated carbocycles. The Kier molecular flexibility index (Phi) is 4.14. The minimum atomic E-state index is -0.152. The summed E-state index contributed by atoms with van der Waals surface area (Å²) in [4.78, 5) is 10.7. The highest BCUT2D eigenvalue weighted by molar-refractivity contribution is 14.1. The van der Waals surface area contributed by atoms with Crippen LogP contribution in [0.2, 0.25) is 0 Å². The molecule has 0 aromatic carbocycles. The summed E-state index contributed by atoms with van der Waals surface area (Å²) in [5, 5.41) is 0. The molecule has 0 bridgehead atoms. The van der Waals surface area contributed by atoms with Gasteiger partial charge in [0.1, 0.15) is 6.61 Å². The molecule has 3 nitrogen and oxygen atoms in total. The molecule has 0 aromatic heterocycles. The summed E-state index contributed by atoms with van der Waals surface area (Å²) in [6, 6.07) is 0. The minimum absolute atomic E-state index is 0.152. The van der Waals surface area contributed by atoms with Gasteiger partial charge in [-0.1, -0.05) is 22.6 Å². The molecule has 11 heavy (non-hydrogen) atoms. The number of hydrogen-bond acceptors (Lipinski definition) is 3. The molecule has 1 atom stereocenters. The maximum atomic E-state index is 10.7. The average Bonchev–Trinajstić information content (AvgIpc) is 2.52. The highest BCUT2D eigenvalue weighted by atomic mass is 127. The molecular weight excluding hydrogens is 259 g/mol. The van der Waals surface area contributed by atoms with E-state index in [0.717, 1.165) is 19.4 Å². The monoisotopic (exact) mass is 270 g/mol. The van der Waals surface area contributed by atoms with E-state index in [2.05, 4.69) is 0 Å². The Labute approximate surface area is 79.6 Å². The average molecular weight is 270 g/mol. The van der Waals surface area contributed by atoms with Crippen LogP contribution in [-0.4, -0.2) is 29.7 Å². The quantitative estimate of drug-likeness (QED) is 0.438. The van der Waals surface area contributed by atoms with Gasteiger partial charge in [-0.15, -0.1) is 0 Å². The molecule has 1 aliphatic rings. The van der Waals surface area contributed by atoms with Gasteiger partial charge < -0.3 is 9.47 Å². The van der Waals surface area contributed by atoms with E-state index in [9.17, 15) is 4.79 Å². The maximum Gasteiger partial charge on any atom is 0.315 e. The van der Waals surface area contributed by atoms with Crippen molar-refractivity contribution in [1.82, 2.24) is 0 Å². The van der Waals surface area contributed by atoms with E-state index in [1.165, 1.54) is 0 Å². The summed E-state index contributed by atoms with van der Waals surface area (Å²) in [5.41, 5.74) is 0. The van der Waals surface area contributed by atoms with Crippen molar-refractivity contribution in [2.75, 3.05) is 17.6 Å². The molecule has 0 amide bonds. The maximum absolute atomic E-state index is 10.7. The summed E-state index contributed by atoms with van der Waals surface area (Å²) in [5.74, 6) is -0.152. The van der Waals surface area contributed by atoms with Crippen LogP contribution in [0.5, 0.6) is 0 Å². The van der Waals surface area contributed by atoms with E-state index >= 15 is 0 Å². The summed E-state index contributed by atoms with van der Waals surface area (Å²) in [6.45, 7) is 1.24. The second-order valence-corrected chi connectivity index (χ2v) is 3.21. The Balaban J connectivity index is 2.06. The second kappa shape index (κ2) is 4.92. The van der Waals surface area contributed by atoms with Crippen molar-refractivity contribution in [3.63, 3.8) is 0 Å². The van der Waals surface area contributed by atoms with Crippen LogP contribution in [-0.2, 0) is 14.3 Å². The number of esters is 1. The molecule has 4 heteroatoms. The third-order valence-electron chi connectivity index (χ3n) is 1.56. The van der Waals surface area contributed by atoms with E-state index in [1.54, 1.807) is 0 Å². The molecule has 1 unspecified atom stereocenters. The van der Waals surface area contributed by atoms with Crippen LogP contribution < -0.4 is 0 Å². The molecular formula is C7H11IO3. The van der Waals surface area contributed by atoms with E-state index < -0.39 is 0 Å². The minimum Gasteiger partial charge on any atom is -0.462 e. The molecule has 0 radical (unpaired) electrons. The number of carbonyl (C=O) groups is 1. The Bertz CT molecular complexity index is 132. The van der Waals surface area contributed by atoms with Crippen molar-refractivity contribution in [3.05, 3.63) is 0 Å². The van der Waals surface area contributed by atoms with Gasteiger partial charge in [0.25, 0.3) is 0 Å². The lowest BCUT2D eigenvalue weighted by atomic mass is 10.2. The fourth-order valence-electron chi connectivity index (χ4n) is 1.00. The van der Waals surface area contributed by atoms with E-state index in [-0.39, 0.29) is 12.1 Å². The first-order chi connectivity index (χ1) is 5.33. The number of rotatable bonds is 3. The molecule has 0 spiro atoms. The molecule has 64 valence electrons. The Hall–Kier alpha value is 0.160. The normalized spacial score (nSPS) is 23.5. The van der Waals surface area contributed by atoms with Gasteiger partial charge in [-0.05, 0) is 12.8 Å². The zero-order valence-electron chi connectivity index (χ0n) is 6.22. The van der Waals surface area contributed by atoms with Gasteiger partial charge in [0, 0.05) is 6.61 Å². The topological polar surface area (TPSA) is 35.5 Å². The van der Waals surface area contributed by atoms with Gasteiger partial charge in [-0.3, -0.25) is 4.79 Å². The van der Waals surface area contributed by atoms with Gasteiger partial charge in [-0.2, -0.15) is 0 Å². The van der Waals surface area contributed by atoms with Crippen molar-refractivity contribution in [3.8, 4) is 0 Å². The van der Waals surface area contributed by atoms with Crippen molar-refractivity contribution in [1.29, 1.82) is 0 Å². The van der Waals surface area contributed by atoms with E-state index in [1.807, 2.05) is 22.6 Å². The Morgan fingerprint density at radius 3 is 3.09 bits per heavy atom. The van der Waals surface area contributed by atoms with Gasteiger partial charge in [-0.25, -0.2) is 0 Å². The summed E-state index contributed by atoms with van der Waals surface area (Å²) < 4.78 is 10.6.